The molecule has 1 aromatic carbocycles. The molecule has 0 aliphatic rings. The molecule has 0 saturated heterocycles. The number of aliphatic hydroxyl groups is 1. The van der Waals surface area contributed by atoms with Crippen LogP contribution >= 0.6 is 22.6 Å². The zero-order chi connectivity index (χ0) is 11.4. The van der Waals surface area contributed by atoms with Gasteiger partial charge >= 0.3 is 0 Å². The average molecular weight is 323 g/mol. The minimum atomic E-state index is -0.606. The second-order valence-electron chi connectivity index (χ2n) is 3.58. The van der Waals surface area contributed by atoms with E-state index in [0.717, 1.165) is 3.57 Å². The molecule has 0 saturated carbocycles. The number of hydrogen-bond donors (Lipinski definition) is 3. The van der Waals surface area contributed by atoms with Gasteiger partial charge in [-0.25, -0.2) is 0 Å². The van der Waals surface area contributed by atoms with E-state index in [0.29, 0.717) is 24.1 Å². The van der Waals surface area contributed by atoms with Crippen LogP contribution in [0.4, 0.5) is 0 Å². The van der Waals surface area contributed by atoms with Crippen LogP contribution in [0.2, 0.25) is 0 Å². The molecule has 0 aromatic heterocycles. The van der Waals surface area contributed by atoms with Gasteiger partial charge in [0.1, 0.15) is 5.75 Å². The molecule has 0 aliphatic carbocycles. The zero-order valence-electron chi connectivity index (χ0n) is 8.50. The summed E-state index contributed by atoms with van der Waals surface area (Å²) in [6.45, 7) is 1.72. The van der Waals surface area contributed by atoms with Gasteiger partial charge in [-0.1, -0.05) is 0 Å². The van der Waals surface area contributed by atoms with Crippen LogP contribution in [0.1, 0.15) is 31.4 Å². The number of hydrogen-bond acceptors (Lipinski definition) is 3. The Balaban J connectivity index is 2.72. The fourth-order valence-corrected chi connectivity index (χ4v) is 1.99. The Morgan fingerprint density at radius 1 is 1.47 bits per heavy atom. The molecule has 0 fully saturated rings. The van der Waals surface area contributed by atoms with Crippen molar-refractivity contribution in [3.63, 3.8) is 0 Å². The van der Waals surface area contributed by atoms with Crippen molar-refractivity contribution >= 4 is 28.3 Å². The average Bonchev–Trinajstić information content (AvgIpc) is 2.12. The first-order valence-electron chi connectivity index (χ1n) is 4.70. The summed E-state index contributed by atoms with van der Waals surface area (Å²) in [4.78, 5) is 0. The van der Waals surface area contributed by atoms with E-state index in [-0.39, 0.29) is 5.75 Å². The summed E-state index contributed by atoms with van der Waals surface area (Å²) in [6, 6.07) is 5.04. The van der Waals surface area contributed by atoms with Crippen LogP contribution < -0.4 is 0 Å². The Hall–Kier alpha value is -0.620. The molecule has 1 aromatic rings. The van der Waals surface area contributed by atoms with Crippen molar-refractivity contribution in [2.45, 2.75) is 25.9 Å². The molecular formula is C11H14INO2. The van der Waals surface area contributed by atoms with Gasteiger partial charge in [0.05, 0.1) is 6.10 Å². The fraction of sp³-hybridized carbons (Fsp3) is 0.364. The first-order chi connectivity index (χ1) is 6.99. The number of phenols is 1. The molecular weight excluding hydrogens is 309 g/mol. The van der Waals surface area contributed by atoms with Crippen LogP contribution in [0.5, 0.6) is 5.75 Å². The molecule has 82 valence electrons. The van der Waals surface area contributed by atoms with Crippen molar-refractivity contribution in [1.82, 2.24) is 0 Å². The van der Waals surface area contributed by atoms with Gasteiger partial charge in [0.2, 0.25) is 0 Å². The molecule has 0 aliphatic heterocycles. The SMILES string of the molecule is CC(=N)CC[C@H](O)c1cc(O)cc([131I])c1. The lowest BCUT2D eigenvalue weighted by Gasteiger charge is -2.11. The van der Waals surface area contributed by atoms with Gasteiger partial charge in [-0.2, -0.15) is 0 Å². The number of phenolic OH excluding ortho intramolecular Hbond substituents is 1. The quantitative estimate of drug-likeness (QED) is 0.589. The van der Waals surface area contributed by atoms with Crippen molar-refractivity contribution < 1.29 is 10.2 Å². The van der Waals surface area contributed by atoms with E-state index in [4.69, 9.17) is 5.41 Å². The molecule has 4 heteroatoms. The highest BCUT2D eigenvalue weighted by Crippen LogP contribution is 2.24. The Labute approximate surface area is 103 Å². The van der Waals surface area contributed by atoms with Gasteiger partial charge in [-0.15, -0.1) is 0 Å². The minimum Gasteiger partial charge on any atom is -0.508 e. The van der Waals surface area contributed by atoms with Crippen LogP contribution in [0.3, 0.4) is 0 Å². The predicted octanol–water partition coefficient (Wildman–Crippen LogP) is 2.85. The van der Waals surface area contributed by atoms with Crippen molar-refractivity contribution in [2.24, 2.45) is 0 Å². The highest BCUT2D eigenvalue weighted by Gasteiger charge is 2.09. The van der Waals surface area contributed by atoms with Gasteiger partial charge in [0.15, 0.2) is 0 Å². The monoisotopic (exact) mass is 323 g/mol. The maximum Gasteiger partial charge on any atom is 0.117 e. The first-order valence-corrected chi connectivity index (χ1v) is 5.78. The zero-order valence-corrected chi connectivity index (χ0v) is 10.7. The van der Waals surface area contributed by atoms with E-state index in [2.05, 4.69) is 22.6 Å². The van der Waals surface area contributed by atoms with Gasteiger partial charge in [0.25, 0.3) is 0 Å². The summed E-state index contributed by atoms with van der Waals surface area (Å²) in [5.41, 5.74) is 1.27. The maximum atomic E-state index is 9.81. The lowest BCUT2D eigenvalue weighted by molar-refractivity contribution is 0.169. The summed E-state index contributed by atoms with van der Waals surface area (Å²) in [7, 11) is 0. The molecule has 0 radical (unpaired) electrons. The molecule has 0 unspecified atom stereocenters. The highest BCUT2D eigenvalue weighted by atomic mass is 131. The molecule has 0 amide bonds. The van der Waals surface area contributed by atoms with Gasteiger partial charge in [-0.05, 0) is 66.1 Å². The van der Waals surface area contributed by atoms with E-state index in [1.54, 1.807) is 19.1 Å². The molecule has 3 nitrogen and oxygen atoms in total. The number of aromatic hydroxyl groups is 1. The molecule has 3 N–H and O–H groups in total. The molecule has 0 spiro atoms. The molecule has 0 bridgehead atoms. The minimum absolute atomic E-state index is 0.169. The summed E-state index contributed by atoms with van der Waals surface area (Å²) in [5, 5.41) is 26.4. The number of nitrogens with one attached hydrogen (secondary N) is 1. The Morgan fingerprint density at radius 3 is 2.67 bits per heavy atom. The third kappa shape index (κ3) is 4.17. The first kappa shape index (κ1) is 12.4. The molecule has 15 heavy (non-hydrogen) atoms. The van der Waals surface area contributed by atoms with Gasteiger partial charge in [0, 0.05) is 9.28 Å². The van der Waals surface area contributed by atoms with Crippen LogP contribution in [-0.2, 0) is 0 Å². The van der Waals surface area contributed by atoms with Crippen molar-refractivity contribution in [3.05, 3.63) is 27.3 Å². The van der Waals surface area contributed by atoms with Crippen LogP contribution in [0.25, 0.3) is 0 Å². The smallest absolute Gasteiger partial charge is 0.117 e. The third-order valence-electron chi connectivity index (χ3n) is 2.08. The van der Waals surface area contributed by atoms with E-state index in [1.165, 1.54) is 0 Å². The third-order valence-corrected chi connectivity index (χ3v) is 2.71. The summed E-state index contributed by atoms with van der Waals surface area (Å²) in [5.74, 6) is 0.169. The van der Waals surface area contributed by atoms with E-state index < -0.39 is 6.10 Å². The Morgan fingerprint density at radius 2 is 2.13 bits per heavy atom. The summed E-state index contributed by atoms with van der Waals surface area (Å²) in [6.07, 6.45) is 0.494. The lowest BCUT2D eigenvalue weighted by atomic mass is 10.0. The molecule has 0 heterocycles. The van der Waals surface area contributed by atoms with Gasteiger partial charge in [-0.3, -0.25) is 0 Å². The van der Waals surface area contributed by atoms with Crippen molar-refractivity contribution in [1.29, 1.82) is 5.41 Å². The Kier molecular flexibility index (Phi) is 4.53. The largest absolute Gasteiger partial charge is 0.508 e. The van der Waals surface area contributed by atoms with E-state index >= 15 is 0 Å². The maximum absolute atomic E-state index is 9.81. The number of halogens is 1. The van der Waals surface area contributed by atoms with Gasteiger partial charge < -0.3 is 15.6 Å². The molecule has 1 atom stereocenters. The second kappa shape index (κ2) is 5.46. The fourth-order valence-electron chi connectivity index (χ4n) is 1.31. The lowest BCUT2D eigenvalue weighted by Crippen LogP contribution is -2.00. The van der Waals surface area contributed by atoms with Crippen molar-refractivity contribution in [3.8, 4) is 5.75 Å². The standard InChI is InChI=1S/C11H14INO2/c1-7(13)2-3-11(15)8-4-9(12)6-10(14)5-8/h4-6,11,13-15H,2-3H2,1H3/t11-/m0/s1/i12+4. The predicted molar refractivity (Wildman–Crippen MR) is 68.4 cm³/mol. The van der Waals surface area contributed by atoms with Crippen LogP contribution in [0.15, 0.2) is 18.2 Å². The normalized spacial score (nSPS) is 12.5. The molecule has 1 rings (SSSR count). The summed E-state index contributed by atoms with van der Waals surface area (Å²) < 4.78 is 0.897. The Bertz CT molecular complexity index is 345. The summed E-state index contributed by atoms with van der Waals surface area (Å²) >= 11 is 2.09. The van der Waals surface area contributed by atoms with E-state index in [9.17, 15) is 10.2 Å². The van der Waals surface area contributed by atoms with Crippen LogP contribution in [-0.4, -0.2) is 15.9 Å². The second-order valence-corrected chi connectivity index (χ2v) is 4.82. The van der Waals surface area contributed by atoms with Crippen molar-refractivity contribution in [2.75, 3.05) is 0 Å². The van der Waals surface area contributed by atoms with E-state index in [1.807, 2.05) is 6.07 Å². The van der Waals surface area contributed by atoms with Crippen LogP contribution in [0, 0.1) is 8.98 Å². The number of rotatable bonds is 4. The number of benzene rings is 1. The highest BCUT2D eigenvalue weighted by molar-refractivity contribution is 14.1. The topological polar surface area (TPSA) is 64.3 Å². The number of aliphatic hydroxyl groups excluding tert-OH is 1.